The van der Waals surface area contributed by atoms with Crippen LogP contribution in [0.25, 0.3) is 0 Å². The van der Waals surface area contributed by atoms with E-state index in [-0.39, 0.29) is 17.9 Å². The molecular weight excluding hydrogens is 221 g/mol. The van der Waals surface area contributed by atoms with Gasteiger partial charge in [-0.1, -0.05) is 13.8 Å². The average molecular weight is 247 g/mol. The van der Waals surface area contributed by atoms with E-state index in [1.807, 2.05) is 27.7 Å². The number of carbonyl (C=O) groups is 1. The predicted molar refractivity (Wildman–Crippen MR) is 67.6 cm³/mol. The fraction of sp³-hybridized carbons (Fsp3) is 0.923. The lowest BCUT2D eigenvalue weighted by Gasteiger charge is -2.38. The van der Waals surface area contributed by atoms with Crippen LogP contribution in [0.5, 0.6) is 0 Å². The van der Waals surface area contributed by atoms with Crippen molar-refractivity contribution in [3.63, 3.8) is 0 Å². The van der Waals surface area contributed by atoms with Gasteiger partial charge in [-0.2, -0.15) is 0 Å². The molecule has 0 bridgehead atoms. The Morgan fingerprint density at radius 1 is 1.29 bits per heavy atom. The minimum absolute atomic E-state index is 0.147. The average Bonchev–Trinajstić information content (AvgIpc) is 2.24. The molecule has 0 rings (SSSR count). The van der Waals surface area contributed by atoms with Crippen LogP contribution in [0.15, 0.2) is 0 Å². The van der Waals surface area contributed by atoms with Gasteiger partial charge in [0.15, 0.2) is 0 Å². The Kier molecular flexibility index (Phi) is 5.59. The van der Waals surface area contributed by atoms with Crippen molar-refractivity contribution in [2.75, 3.05) is 13.8 Å². The molecule has 0 aromatic rings. The summed E-state index contributed by atoms with van der Waals surface area (Å²) >= 11 is 0. The summed E-state index contributed by atoms with van der Waals surface area (Å²) in [4.78, 5) is 12.0. The van der Waals surface area contributed by atoms with E-state index >= 15 is 0 Å². The zero-order chi connectivity index (χ0) is 13.9. The molecule has 0 aromatic heterocycles. The SMILES string of the molecule is COC(C)(C)[C@H](NC(=O)C(C)(C)CF)C(C)C. The molecule has 0 aromatic carbocycles. The van der Waals surface area contributed by atoms with E-state index in [0.717, 1.165) is 0 Å². The molecule has 17 heavy (non-hydrogen) atoms. The van der Waals surface area contributed by atoms with Crippen molar-refractivity contribution < 1.29 is 13.9 Å². The summed E-state index contributed by atoms with van der Waals surface area (Å²) in [6.07, 6.45) is 0. The van der Waals surface area contributed by atoms with Gasteiger partial charge < -0.3 is 10.1 Å². The Balaban J connectivity index is 4.86. The maximum absolute atomic E-state index is 12.8. The Bertz CT molecular complexity index is 262. The van der Waals surface area contributed by atoms with E-state index in [9.17, 15) is 9.18 Å². The third kappa shape index (κ3) is 4.26. The molecule has 0 fully saturated rings. The monoisotopic (exact) mass is 247 g/mol. The van der Waals surface area contributed by atoms with Gasteiger partial charge in [-0.05, 0) is 33.6 Å². The van der Waals surface area contributed by atoms with Crippen LogP contribution < -0.4 is 5.32 Å². The number of hydrogen-bond acceptors (Lipinski definition) is 2. The third-order valence-electron chi connectivity index (χ3n) is 3.18. The van der Waals surface area contributed by atoms with E-state index in [1.54, 1.807) is 21.0 Å². The second-order valence-corrected chi connectivity index (χ2v) is 6.02. The number of methoxy groups -OCH3 is 1. The number of ether oxygens (including phenoxy) is 1. The van der Waals surface area contributed by atoms with Crippen molar-refractivity contribution in [1.29, 1.82) is 0 Å². The minimum Gasteiger partial charge on any atom is -0.377 e. The topological polar surface area (TPSA) is 38.3 Å². The van der Waals surface area contributed by atoms with Crippen LogP contribution in [0.4, 0.5) is 4.39 Å². The first kappa shape index (κ1) is 16.4. The quantitative estimate of drug-likeness (QED) is 0.783. The van der Waals surface area contributed by atoms with Crippen LogP contribution in [0.1, 0.15) is 41.5 Å². The number of halogens is 1. The molecule has 0 unspecified atom stereocenters. The maximum atomic E-state index is 12.8. The molecule has 1 atom stereocenters. The highest BCUT2D eigenvalue weighted by molar-refractivity contribution is 5.82. The fourth-order valence-electron chi connectivity index (χ4n) is 1.67. The van der Waals surface area contributed by atoms with Crippen LogP contribution in [0.2, 0.25) is 0 Å². The van der Waals surface area contributed by atoms with E-state index < -0.39 is 17.7 Å². The van der Waals surface area contributed by atoms with Crippen molar-refractivity contribution in [1.82, 2.24) is 5.32 Å². The number of amides is 1. The van der Waals surface area contributed by atoms with Gasteiger partial charge in [-0.3, -0.25) is 4.79 Å². The van der Waals surface area contributed by atoms with Crippen molar-refractivity contribution in [3.05, 3.63) is 0 Å². The molecule has 102 valence electrons. The van der Waals surface area contributed by atoms with Crippen LogP contribution >= 0.6 is 0 Å². The van der Waals surface area contributed by atoms with E-state index in [0.29, 0.717) is 0 Å². The van der Waals surface area contributed by atoms with Crippen molar-refractivity contribution in [3.8, 4) is 0 Å². The van der Waals surface area contributed by atoms with E-state index in [1.165, 1.54) is 0 Å². The number of rotatable bonds is 6. The molecule has 1 N–H and O–H groups in total. The minimum atomic E-state index is -0.989. The van der Waals surface area contributed by atoms with E-state index in [4.69, 9.17) is 4.74 Å². The number of carbonyl (C=O) groups excluding carboxylic acids is 1. The van der Waals surface area contributed by atoms with Gasteiger partial charge in [0.25, 0.3) is 0 Å². The molecule has 0 saturated heterocycles. The zero-order valence-electron chi connectivity index (χ0n) is 12.1. The molecule has 1 amide bonds. The lowest BCUT2D eigenvalue weighted by molar-refractivity contribution is -0.134. The van der Waals surface area contributed by atoms with Gasteiger partial charge in [-0.15, -0.1) is 0 Å². The van der Waals surface area contributed by atoms with Crippen molar-refractivity contribution in [2.45, 2.75) is 53.2 Å². The standard InChI is InChI=1S/C13H26FNO2/c1-9(2)10(13(5,6)17-7)15-11(16)12(3,4)8-14/h9-10H,8H2,1-7H3,(H,15,16)/t10-/m1/s1. The largest absolute Gasteiger partial charge is 0.377 e. The van der Waals surface area contributed by atoms with Crippen LogP contribution in [-0.4, -0.2) is 31.3 Å². The lowest BCUT2D eigenvalue weighted by Crippen LogP contribution is -2.56. The summed E-state index contributed by atoms with van der Waals surface area (Å²) < 4.78 is 18.2. The molecule has 0 aliphatic rings. The summed E-state index contributed by atoms with van der Waals surface area (Å²) in [5, 5.41) is 2.89. The normalized spacial score (nSPS) is 14.9. The second-order valence-electron chi connectivity index (χ2n) is 6.02. The smallest absolute Gasteiger partial charge is 0.228 e. The number of nitrogens with one attached hydrogen (secondary N) is 1. The van der Waals surface area contributed by atoms with Gasteiger partial charge in [-0.25, -0.2) is 4.39 Å². The summed E-state index contributed by atoms with van der Waals surface area (Å²) in [6, 6.07) is -0.147. The van der Waals surface area contributed by atoms with Gasteiger partial charge in [0.2, 0.25) is 5.91 Å². The Hall–Kier alpha value is -0.640. The van der Waals surface area contributed by atoms with Crippen LogP contribution in [-0.2, 0) is 9.53 Å². The highest BCUT2D eigenvalue weighted by Gasteiger charge is 2.37. The second kappa shape index (κ2) is 5.80. The summed E-state index contributed by atoms with van der Waals surface area (Å²) in [5.41, 5.74) is -1.47. The molecule has 0 aliphatic carbocycles. The molecule has 0 heterocycles. The summed E-state index contributed by atoms with van der Waals surface area (Å²) in [6.45, 7) is 10.4. The first-order valence-electron chi connectivity index (χ1n) is 6.00. The molecular formula is C13H26FNO2. The Morgan fingerprint density at radius 3 is 2.06 bits per heavy atom. The molecule has 0 spiro atoms. The van der Waals surface area contributed by atoms with Crippen molar-refractivity contribution in [2.24, 2.45) is 11.3 Å². The molecule has 0 aliphatic heterocycles. The third-order valence-corrected chi connectivity index (χ3v) is 3.18. The Morgan fingerprint density at radius 2 is 1.76 bits per heavy atom. The van der Waals surface area contributed by atoms with Crippen LogP contribution in [0, 0.1) is 11.3 Å². The first-order valence-corrected chi connectivity index (χ1v) is 6.00. The molecule has 0 radical (unpaired) electrons. The van der Waals surface area contributed by atoms with Crippen LogP contribution in [0.3, 0.4) is 0 Å². The molecule has 3 nitrogen and oxygen atoms in total. The number of hydrogen-bond donors (Lipinski definition) is 1. The van der Waals surface area contributed by atoms with Gasteiger partial charge in [0.05, 0.1) is 17.1 Å². The predicted octanol–water partition coefficient (Wildman–Crippen LogP) is 2.55. The van der Waals surface area contributed by atoms with Gasteiger partial charge >= 0.3 is 0 Å². The fourth-order valence-corrected chi connectivity index (χ4v) is 1.67. The highest BCUT2D eigenvalue weighted by Crippen LogP contribution is 2.23. The first-order chi connectivity index (χ1) is 7.58. The highest BCUT2D eigenvalue weighted by atomic mass is 19.1. The maximum Gasteiger partial charge on any atom is 0.228 e. The lowest BCUT2D eigenvalue weighted by atomic mass is 9.86. The Labute approximate surface area is 104 Å². The number of alkyl halides is 1. The van der Waals surface area contributed by atoms with Gasteiger partial charge in [0.1, 0.15) is 6.67 Å². The summed E-state index contributed by atoms with van der Waals surface area (Å²) in [7, 11) is 1.61. The molecule has 0 saturated carbocycles. The van der Waals surface area contributed by atoms with Crippen molar-refractivity contribution >= 4 is 5.91 Å². The molecule has 4 heteroatoms. The van der Waals surface area contributed by atoms with E-state index in [2.05, 4.69) is 5.32 Å². The zero-order valence-corrected chi connectivity index (χ0v) is 12.1. The van der Waals surface area contributed by atoms with Gasteiger partial charge in [0, 0.05) is 7.11 Å². The summed E-state index contributed by atoms with van der Waals surface area (Å²) in [5.74, 6) is -0.0619.